The Labute approximate surface area is 225 Å². The van der Waals surface area contributed by atoms with Crippen LogP contribution in [0.2, 0.25) is 0 Å². The van der Waals surface area contributed by atoms with Crippen molar-refractivity contribution in [3.05, 3.63) is 112 Å². The van der Waals surface area contributed by atoms with Gasteiger partial charge in [-0.05, 0) is 93.1 Å². The third-order valence-corrected chi connectivity index (χ3v) is 8.07. The number of hydrogen-bond donors (Lipinski definition) is 1. The third-order valence-electron chi connectivity index (χ3n) is 6.74. The maximum Gasteiger partial charge on any atom is 0.269 e. The Morgan fingerprint density at radius 2 is 1.73 bits per heavy atom. The van der Waals surface area contributed by atoms with Gasteiger partial charge in [0.1, 0.15) is 0 Å². The molecule has 0 saturated carbocycles. The molecule has 9 heteroatoms. The van der Waals surface area contributed by atoms with E-state index in [0.29, 0.717) is 5.11 Å². The van der Waals surface area contributed by atoms with Gasteiger partial charge in [-0.1, -0.05) is 17.8 Å². The van der Waals surface area contributed by atoms with Gasteiger partial charge in [-0.15, -0.1) is 0 Å². The van der Waals surface area contributed by atoms with Crippen LogP contribution in [-0.4, -0.2) is 19.6 Å². The number of benzene rings is 2. The Morgan fingerprint density at radius 3 is 2.30 bits per heavy atom. The first kappa shape index (κ1) is 25.0. The summed E-state index contributed by atoms with van der Waals surface area (Å²) in [6.45, 7) is 7.39. The predicted molar refractivity (Wildman–Crippen MR) is 151 cm³/mol. The molecular formula is C28H27N5O2S2. The van der Waals surface area contributed by atoms with Crippen molar-refractivity contribution in [1.29, 1.82) is 0 Å². The number of pyridine rings is 1. The lowest BCUT2D eigenvalue weighted by Gasteiger charge is -2.28. The highest BCUT2D eigenvalue weighted by molar-refractivity contribution is 7.99. The van der Waals surface area contributed by atoms with Gasteiger partial charge in [0.2, 0.25) is 0 Å². The Kier molecular flexibility index (Phi) is 6.99. The van der Waals surface area contributed by atoms with E-state index in [9.17, 15) is 10.1 Å². The summed E-state index contributed by atoms with van der Waals surface area (Å²) in [4.78, 5) is 19.4. The first-order valence-electron chi connectivity index (χ1n) is 12.1. The Balaban J connectivity index is 1.48. The summed E-state index contributed by atoms with van der Waals surface area (Å²) in [7, 11) is 0. The number of rotatable bonds is 7. The Morgan fingerprint density at radius 1 is 1.05 bits per heavy atom. The maximum atomic E-state index is 10.9. The Bertz CT molecular complexity index is 1440. The molecule has 188 valence electrons. The van der Waals surface area contributed by atoms with E-state index in [1.165, 1.54) is 29.1 Å². The molecule has 1 aliphatic rings. The fourth-order valence-corrected chi connectivity index (χ4v) is 6.17. The van der Waals surface area contributed by atoms with Gasteiger partial charge >= 0.3 is 0 Å². The average Bonchev–Trinajstić information content (AvgIpc) is 3.39. The molecule has 0 bridgehead atoms. The number of nitro groups is 1. The molecule has 0 amide bonds. The van der Waals surface area contributed by atoms with Crippen molar-refractivity contribution < 1.29 is 4.92 Å². The molecule has 5 rings (SSSR count). The first-order valence-corrected chi connectivity index (χ1v) is 13.3. The molecule has 0 aliphatic carbocycles. The minimum absolute atomic E-state index is 0.0536. The monoisotopic (exact) mass is 529 g/mol. The quantitative estimate of drug-likeness (QED) is 0.161. The van der Waals surface area contributed by atoms with Crippen LogP contribution < -0.4 is 10.2 Å². The zero-order chi connectivity index (χ0) is 26.1. The summed E-state index contributed by atoms with van der Waals surface area (Å²) in [5.74, 6) is 0. The topological polar surface area (TPSA) is 76.2 Å². The van der Waals surface area contributed by atoms with Crippen LogP contribution in [0.3, 0.4) is 0 Å². The molecule has 1 N–H and O–H groups in total. The second kappa shape index (κ2) is 10.4. The second-order valence-electron chi connectivity index (χ2n) is 8.91. The van der Waals surface area contributed by atoms with Crippen molar-refractivity contribution in [3.63, 3.8) is 0 Å². The molecule has 37 heavy (non-hydrogen) atoms. The van der Waals surface area contributed by atoms with Gasteiger partial charge in [0.15, 0.2) is 5.11 Å². The third kappa shape index (κ3) is 4.84. The summed E-state index contributed by atoms with van der Waals surface area (Å²) < 4.78 is 2.33. The summed E-state index contributed by atoms with van der Waals surface area (Å²) in [6.07, 6.45) is 1.82. The van der Waals surface area contributed by atoms with Crippen molar-refractivity contribution in [3.8, 4) is 0 Å². The lowest BCUT2D eigenvalue weighted by atomic mass is 9.96. The molecule has 1 aliphatic heterocycles. The minimum Gasteiger partial charge on any atom is -0.351 e. The lowest BCUT2D eigenvalue weighted by Crippen LogP contribution is -2.29. The van der Waals surface area contributed by atoms with Crippen molar-refractivity contribution >= 4 is 40.5 Å². The first-order chi connectivity index (χ1) is 17.9. The van der Waals surface area contributed by atoms with Gasteiger partial charge in [-0.2, -0.15) is 0 Å². The number of anilines is 1. The zero-order valence-corrected chi connectivity index (χ0v) is 22.4. The van der Waals surface area contributed by atoms with Gasteiger partial charge in [-0.3, -0.25) is 15.1 Å². The second-order valence-corrected chi connectivity index (χ2v) is 10.4. The fourth-order valence-electron chi connectivity index (χ4n) is 5.01. The largest absolute Gasteiger partial charge is 0.351 e. The molecule has 2 unspecified atom stereocenters. The summed E-state index contributed by atoms with van der Waals surface area (Å²) in [6, 6.07) is 23.0. The molecule has 4 aromatic rings. The maximum absolute atomic E-state index is 10.9. The van der Waals surface area contributed by atoms with Crippen LogP contribution in [0.1, 0.15) is 41.7 Å². The van der Waals surface area contributed by atoms with Crippen LogP contribution in [0.25, 0.3) is 0 Å². The average molecular weight is 530 g/mol. The number of non-ortho nitro benzene ring substituents is 1. The van der Waals surface area contributed by atoms with Crippen molar-refractivity contribution in [2.75, 3.05) is 4.90 Å². The van der Waals surface area contributed by atoms with Crippen LogP contribution in [0.4, 0.5) is 11.4 Å². The molecule has 2 aromatic heterocycles. The zero-order valence-electron chi connectivity index (χ0n) is 20.8. The number of hydrogen-bond acceptors (Lipinski definition) is 5. The van der Waals surface area contributed by atoms with E-state index < -0.39 is 0 Å². The highest BCUT2D eigenvalue weighted by atomic mass is 32.2. The van der Waals surface area contributed by atoms with E-state index in [0.717, 1.165) is 27.7 Å². The molecule has 3 heterocycles. The van der Waals surface area contributed by atoms with E-state index in [1.54, 1.807) is 23.9 Å². The molecule has 2 atom stereocenters. The molecule has 7 nitrogen and oxygen atoms in total. The van der Waals surface area contributed by atoms with Crippen LogP contribution in [0.5, 0.6) is 0 Å². The van der Waals surface area contributed by atoms with Gasteiger partial charge < -0.3 is 14.8 Å². The number of aromatic nitrogens is 2. The van der Waals surface area contributed by atoms with Crippen molar-refractivity contribution in [2.45, 2.75) is 49.2 Å². The highest BCUT2D eigenvalue weighted by Gasteiger charge is 2.42. The van der Waals surface area contributed by atoms with Crippen LogP contribution in [0, 0.1) is 24.0 Å². The molecule has 1 saturated heterocycles. The minimum atomic E-state index is -0.386. The van der Waals surface area contributed by atoms with Crippen LogP contribution >= 0.6 is 24.0 Å². The number of aryl methyl sites for hydroxylation is 1. The molecule has 0 radical (unpaired) electrons. The number of nitrogens with one attached hydrogen (secondary N) is 1. The van der Waals surface area contributed by atoms with E-state index in [1.807, 2.05) is 24.4 Å². The summed E-state index contributed by atoms with van der Waals surface area (Å²) in [5, 5.41) is 15.1. The summed E-state index contributed by atoms with van der Waals surface area (Å²) in [5.41, 5.74) is 5.71. The van der Waals surface area contributed by atoms with Gasteiger partial charge in [0.05, 0.1) is 22.7 Å². The lowest BCUT2D eigenvalue weighted by molar-refractivity contribution is -0.384. The highest BCUT2D eigenvalue weighted by Crippen LogP contribution is 2.43. The number of nitrogens with zero attached hydrogens (tertiary/aromatic N) is 4. The molecule has 1 fully saturated rings. The van der Waals surface area contributed by atoms with Gasteiger partial charge in [0.25, 0.3) is 5.69 Å². The van der Waals surface area contributed by atoms with E-state index in [4.69, 9.17) is 12.2 Å². The van der Waals surface area contributed by atoms with E-state index in [-0.39, 0.29) is 22.7 Å². The van der Waals surface area contributed by atoms with E-state index >= 15 is 0 Å². The van der Waals surface area contributed by atoms with Crippen molar-refractivity contribution in [1.82, 2.24) is 14.9 Å². The SMILES string of the molecule is CCn1c(C)cc(C2C(c3ccccn3)NC(=S)N2c2ccc(Sc3ccc([N+](=O)[O-])cc3)cc2)c1C. The van der Waals surface area contributed by atoms with E-state index in [2.05, 4.69) is 70.9 Å². The standard InChI is InChI=1S/C28H27N5O2S2/c1-4-31-18(2)17-24(19(31)3)27-26(25-7-5-6-16-29-25)30-28(36)32(27)20-8-12-22(13-9-20)37-23-14-10-21(11-15-23)33(34)35/h5-17,26-27H,4H2,1-3H3,(H,30,36). The predicted octanol–water partition coefficient (Wildman–Crippen LogP) is 6.76. The normalized spacial score (nSPS) is 17.2. The fraction of sp³-hybridized carbons (Fsp3) is 0.214. The van der Waals surface area contributed by atoms with Crippen LogP contribution in [-0.2, 0) is 6.54 Å². The van der Waals surface area contributed by atoms with Crippen LogP contribution in [0.15, 0.2) is 88.8 Å². The molecule has 0 spiro atoms. The number of nitro benzene ring substituents is 1. The number of thiocarbonyl (C=S) groups is 1. The molecule has 2 aromatic carbocycles. The van der Waals surface area contributed by atoms with Gasteiger partial charge in [-0.25, -0.2) is 0 Å². The smallest absolute Gasteiger partial charge is 0.269 e. The molecular weight excluding hydrogens is 502 g/mol. The summed E-state index contributed by atoms with van der Waals surface area (Å²) >= 11 is 7.44. The van der Waals surface area contributed by atoms with Gasteiger partial charge in [0, 0.05) is 51.7 Å². The Hall–Kier alpha value is -3.69. The van der Waals surface area contributed by atoms with Crippen molar-refractivity contribution in [2.24, 2.45) is 0 Å².